The molecule has 8 nitrogen and oxygen atoms in total. The number of anilines is 1. The zero-order valence-corrected chi connectivity index (χ0v) is 20.1. The molecule has 2 aromatic carbocycles. The molecule has 0 bridgehead atoms. The minimum atomic E-state index is -3.47. The van der Waals surface area contributed by atoms with Crippen LogP contribution >= 0.6 is 11.3 Å². The van der Waals surface area contributed by atoms with E-state index in [1.54, 1.807) is 46.9 Å². The van der Waals surface area contributed by atoms with Crippen molar-refractivity contribution in [2.45, 2.75) is 24.7 Å². The van der Waals surface area contributed by atoms with Gasteiger partial charge in [-0.2, -0.15) is 9.41 Å². The van der Waals surface area contributed by atoms with Crippen LogP contribution in [-0.4, -0.2) is 49.2 Å². The molecule has 0 aliphatic carbocycles. The van der Waals surface area contributed by atoms with Crippen LogP contribution in [0, 0.1) is 5.92 Å². The second-order valence-electron chi connectivity index (χ2n) is 7.95. The lowest BCUT2D eigenvalue weighted by atomic mass is 10.0. The number of phenolic OH excluding ortho intramolecular Hbond substituents is 1. The molecule has 0 unspecified atom stereocenters. The lowest BCUT2D eigenvalue weighted by Gasteiger charge is -2.29. The van der Waals surface area contributed by atoms with Crippen LogP contribution in [0.25, 0.3) is 11.3 Å². The first-order valence-corrected chi connectivity index (χ1v) is 12.9. The van der Waals surface area contributed by atoms with Crippen molar-refractivity contribution in [1.29, 1.82) is 0 Å². The summed E-state index contributed by atoms with van der Waals surface area (Å²) in [5.74, 6) is 1.01. The van der Waals surface area contributed by atoms with Crippen molar-refractivity contribution in [3.8, 4) is 22.8 Å². The highest BCUT2D eigenvalue weighted by Gasteiger charge is 2.27. The normalized spacial score (nSPS) is 15.7. The Bertz CT molecular complexity index is 1230. The maximum atomic E-state index is 12.9. The summed E-state index contributed by atoms with van der Waals surface area (Å²) in [4.78, 5) is 4.83. The predicted molar refractivity (Wildman–Crippen MR) is 131 cm³/mol. The molecule has 10 heteroatoms. The molecule has 0 spiro atoms. The van der Waals surface area contributed by atoms with Crippen molar-refractivity contribution in [2.75, 3.05) is 25.6 Å². The van der Waals surface area contributed by atoms with Gasteiger partial charge in [0.2, 0.25) is 15.2 Å². The highest BCUT2D eigenvalue weighted by atomic mass is 32.2. The number of nitrogens with zero attached hydrogens (tertiary/aromatic N) is 3. The average Bonchev–Trinajstić information content (AvgIpc) is 3.29. The fourth-order valence-corrected chi connectivity index (χ4v) is 5.70. The SMILES string of the molecule is COc1cc(/C=N/Nc2nc(-c3ccc(S(=O)(=O)N4CCC(C)CC4)cc3)cs2)ccc1O. The smallest absolute Gasteiger partial charge is 0.243 e. The van der Waals surface area contributed by atoms with Crippen LogP contribution in [-0.2, 0) is 10.0 Å². The van der Waals surface area contributed by atoms with E-state index in [-0.39, 0.29) is 5.75 Å². The lowest BCUT2D eigenvalue weighted by Crippen LogP contribution is -2.37. The summed E-state index contributed by atoms with van der Waals surface area (Å²) in [7, 11) is -1.98. The van der Waals surface area contributed by atoms with Gasteiger partial charge in [-0.1, -0.05) is 19.1 Å². The van der Waals surface area contributed by atoms with E-state index < -0.39 is 10.0 Å². The van der Waals surface area contributed by atoms with Gasteiger partial charge in [-0.25, -0.2) is 13.4 Å². The quantitative estimate of drug-likeness (QED) is 0.379. The summed E-state index contributed by atoms with van der Waals surface area (Å²) >= 11 is 1.40. The first-order valence-electron chi connectivity index (χ1n) is 10.6. The van der Waals surface area contributed by atoms with Gasteiger partial charge in [0, 0.05) is 24.0 Å². The third-order valence-electron chi connectivity index (χ3n) is 5.61. The molecule has 4 rings (SSSR count). The molecule has 2 heterocycles. The molecule has 1 fully saturated rings. The van der Waals surface area contributed by atoms with E-state index in [9.17, 15) is 13.5 Å². The van der Waals surface area contributed by atoms with Gasteiger partial charge in [0.25, 0.3) is 0 Å². The molecule has 2 N–H and O–H groups in total. The number of benzene rings is 2. The van der Waals surface area contributed by atoms with E-state index >= 15 is 0 Å². The third kappa shape index (κ3) is 5.35. The number of ether oxygens (including phenoxy) is 1. The van der Waals surface area contributed by atoms with Gasteiger partial charge in [-0.3, -0.25) is 5.43 Å². The van der Waals surface area contributed by atoms with E-state index in [0.717, 1.165) is 29.7 Å². The molecule has 0 atom stereocenters. The zero-order valence-electron chi connectivity index (χ0n) is 18.4. The number of hydrogen-bond acceptors (Lipinski definition) is 8. The van der Waals surface area contributed by atoms with Crippen LogP contribution in [0.1, 0.15) is 25.3 Å². The number of methoxy groups -OCH3 is 1. The van der Waals surface area contributed by atoms with E-state index in [2.05, 4.69) is 22.4 Å². The van der Waals surface area contributed by atoms with Crippen molar-refractivity contribution in [1.82, 2.24) is 9.29 Å². The molecule has 0 radical (unpaired) electrons. The fourth-order valence-electron chi connectivity index (χ4n) is 3.57. The summed E-state index contributed by atoms with van der Waals surface area (Å²) in [5.41, 5.74) is 5.21. The van der Waals surface area contributed by atoms with Crippen molar-refractivity contribution < 1.29 is 18.3 Å². The van der Waals surface area contributed by atoms with Crippen LogP contribution in [0.15, 0.2) is 57.8 Å². The Hall–Kier alpha value is -2.95. The number of thiazole rings is 1. The number of aromatic hydroxyl groups is 1. The maximum absolute atomic E-state index is 12.9. The second-order valence-corrected chi connectivity index (χ2v) is 10.7. The molecule has 3 aromatic rings. The summed E-state index contributed by atoms with van der Waals surface area (Å²) < 4.78 is 32.5. The van der Waals surface area contributed by atoms with Gasteiger partial charge >= 0.3 is 0 Å². The minimum Gasteiger partial charge on any atom is -0.504 e. The minimum absolute atomic E-state index is 0.0662. The lowest BCUT2D eigenvalue weighted by molar-refractivity contribution is 0.288. The van der Waals surface area contributed by atoms with Crippen LogP contribution in [0.5, 0.6) is 11.5 Å². The van der Waals surface area contributed by atoms with Crippen LogP contribution < -0.4 is 10.2 Å². The van der Waals surface area contributed by atoms with Gasteiger partial charge < -0.3 is 9.84 Å². The molecule has 0 saturated carbocycles. The van der Waals surface area contributed by atoms with Crippen LogP contribution in [0.3, 0.4) is 0 Å². The topological polar surface area (TPSA) is 104 Å². The first-order chi connectivity index (χ1) is 15.9. The summed E-state index contributed by atoms with van der Waals surface area (Å²) in [6.45, 7) is 3.30. The van der Waals surface area contributed by atoms with Gasteiger partial charge in [0.05, 0.1) is 23.9 Å². The summed E-state index contributed by atoms with van der Waals surface area (Å²) in [6, 6.07) is 11.8. The van der Waals surface area contributed by atoms with E-state index in [1.807, 2.05) is 5.38 Å². The van der Waals surface area contributed by atoms with Crippen molar-refractivity contribution in [2.24, 2.45) is 11.0 Å². The number of phenols is 1. The van der Waals surface area contributed by atoms with E-state index in [4.69, 9.17) is 4.74 Å². The summed E-state index contributed by atoms with van der Waals surface area (Å²) in [6.07, 6.45) is 3.40. The molecule has 1 aromatic heterocycles. The van der Waals surface area contributed by atoms with Crippen molar-refractivity contribution in [3.05, 3.63) is 53.4 Å². The molecule has 1 aliphatic heterocycles. The van der Waals surface area contributed by atoms with Crippen molar-refractivity contribution >= 4 is 32.7 Å². The molecule has 33 heavy (non-hydrogen) atoms. The van der Waals surface area contributed by atoms with Gasteiger partial charge in [0.1, 0.15) is 0 Å². The van der Waals surface area contributed by atoms with Gasteiger partial charge in [0.15, 0.2) is 11.5 Å². The molecular formula is C23H26N4O4S2. The van der Waals surface area contributed by atoms with Crippen LogP contribution in [0.2, 0.25) is 0 Å². The Kier molecular flexibility index (Phi) is 6.96. The summed E-state index contributed by atoms with van der Waals surface area (Å²) in [5, 5.41) is 16.3. The maximum Gasteiger partial charge on any atom is 0.243 e. The second kappa shape index (κ2) is 9.90. The fraction of sp³-hybridized carbons (Fsp3) is 0.304. The number of hydrogen-bond donors (Lipinski definition) is 2. The first kappa shape index (κ1) is 23.2. The zero-order chi connectivity index (χ0) is 23.4. The van der Waals surface area contributed by atoms with Gasteiger partial charge in [-0.05, 0) is 54.7 Å². The monoisotopic (exact) mass is 486 g/mol. The largest absolute Gasteiger partial charge is 0.504 e. The average molecular weight is 487 g/mol. The van der Waals surface area contributed by atoms with E-state index in [1.165, 1.54) is 24.5 Å². The Morgan fingerprint density at radius 3 is 2.64 bits per heavy atom. The predicted octanol–water partition coefficient (Wildman–Crippen LogP) is 4.39. The Morgan fingerprint density at radius 1 is 1.21 bits per heavy atom. The Morgan fingerprint density at radius 2 is 1.94 bits per heavy atom. The number of hydrazone groups is 1. The molecule has 0 amide bonds. The highest BCUT2D eigenvalue weighted by Crippen LogP contribution is 2.28. The third-order valence-corrected chi connectivity index (χ3v) is 8.27. The number of rotatable bonds is 7. The molecule has 1 saturated heterocycles. The van der Waals surface area contributed by atoms with Gasteiger partial charge in [-0.15, -0.1) is 11.3 Å². The molecule has 174 valence electrons. The molecule has 1 aliphatic rings. The van der Waals surface area contributed by atoms with Crippen LogP contribution in [0.4, 0.5) is 5.13 Å². The number of aromatic nitrogens is 1. The number of piperidine rings is 1. The Labute approximate surface area is 197 Å². The highest BCUT2D eigenvalue weighted by molar-refractivity contribution is 7.89. The number of nitrogens with one attached hydrogen (secondary N) is 1. The Balaban J connectivity index is 1.41. The standard InChI is InChI=1S/C23H26N4O4S2/c1-16-9-11-27(12-10-16)33(29,30)19-6-4-18(5-7-19)20-15-32-23(25-20)26-24-14-17-3-8-21(28)22(13-17)31-2/h3-8,13-16,28H,9-12H2,1-2H3,(H,25,26)/b24-14+. The molecular weight excluding hydrogens is 460 g/mol. The number of sulfonamides is 1. The van der Waals surface area contributed by atoms with E-state index in [0.29, 0.717) is 34.8 Å². The van der Waals surface area contributed by atoms with Crippen molar-refractivity contribution in [3.63, 3.8) is 0 Å².